The van der Waals surface area contributed by atoms with Crippen molar-refractivity contribution in [3.05, 3.63) is 78.0 Å². The summed E-state index contributed by atoms with van der Waals surface area (Å²) in [7, 11) is 1.60. The first-order chi connectivity index (χ1) is 18.1. The number of hydrogen-bond donors (Lipinski definition) is 2. The van der Waals surface area contributed by atoms with Crippen LogP contribution in [0.25, 0.3) is 11.0 Å². The molecule has 0 unspecified atom stereocenters. The predicted octanol–water partition coefficient (Wildman–Crippen LogP) is 5.23. The van der Waals surface area contributed by atoms with Crippen LogP contribution in [0.1, 0.15) is 30.0 Å². The summed E-state index contributed by atoms with van der Waals surface area (Å²) in [6.45, 7) is 5.27. The molecule has 37 heavy (non-hydrogen) atoms. The fourth-order valence-electron chi connectivity index (χ4n) is 4.54. The molecule has 1 fully saturated rings. The van der Waals surface area contributed by atoms with Crippen LogP contribution in [-0.2, 0) is 11.4 Å². The van der Waals surface area contributed by atoms with Crippen molar-refractivity contribution in [2.45, 2.75) is 25.4 Å². The molecule has 0 bridgehead atoms. The summed E-state index contributed by atoms with van der Waals surface area (Å²) in [6.07, 6.45) is 8.27. The Labute approximate surface area is 219 Å². The van der Waals surface area contributed by atoms with E-state index in [9.17, 15) is 4.79 Å². The number of halogens is 1. The van der Waals surface area contributed by atoms with Crippen LogP contribution in [0.2, 0.25) is 5.02 Å². The minimum atomic E-state index is -0.0207. The number of piperidine rings is 1. The molecule has 2 N–H and O–H groups in total. The lowest BCUT2D eigenvalue weighted by molar-refractivity contribution is -0.127. The summed E-state index contributed by atoms with van der Waals surface area (Å²) in [5, 5.41) is 4.80. The van der Waals surface area contributed by atoms with Crippen molar-refractivity contribution in [2.24, 2.45) is 0 Å². The van der Waals surface area contributed by atoms with Crippen molar-refractivity contribution in [3.8, 4) is 11.5 Å². The number of likely N-dealkylation sites (tertiary alicyclic amines) is 1. The maximum atomic E-state index is 12.0. The van der Waals surface area contributed by atoms with Crippen molar-refractivity contribution < 1.29 is 14.3 Å². The Morgan fingerprint density at radius 2 is 2.08 bits per heavy atom. The highest BCUT2D eigenvalue weighted by atomic mass is 35.5. The van der Waals surface area contributed by atoms with E-state index >= 15 is 0 Å². The molecule has 1 aliphatic rings. The molecule has 1 saturated heterocycles. The molecule has 10 heteroatoms. The smallest absolute Gasteiger partial charge is 0.245 e. The lowest BCUT2D eigenvalue weighted by Gasteiger charge is -2.31. The van der Waals surface area contributed by atoms with Gasteiger partial charge in [0.25, 0.3) is 0 Å². The highest BCUT2D eigenvalue weighted by Crippen LogP contribution is 2.37. The van der Waals surface area contributed by atoms with E-state index in [0.29, 0.717) is 41.3 Å². The molecule has 4 aromatic rings. The minimum Gasteiger partial charge on any atom is -0.495 e. The molecular weight excluding hydrogens is 492 g/mol. The van der Waals surface area contributed by atoms with Crippen molar-refractivity contribution in [3.63, 3.8) is 0 Å². The van der Waals surface area contributed by atoms with Crippen molar-refractivity contribution >= 4 is 40.0 Å². The van der Waals surface area contributed by atoms with Crippen LogP contribution in [-0.4, -0.2) is 50.9 Å². The second kappa shape index (κ2) is 10.9. The SMILES string of the molecule is C=CC(=O)N1CCC(c2c[nH]c3ncnc(Nc4ccc(OCc5ccc(OC)cn5)c(Cl)c4)c23)CC1. The number of aromatic nitrogens is 4. The van der Waals surface area contributed by atoms with E-state index < -0.39 is 0 Å². The summed E-state index contributed by atoms with van der Waals surface area (Å²) in [5.41, 5.74) is 3.44. The third kappa shape index (κ3) is 5.36. The number of anilines is 2. The quantitative estimate of drug-likeness (QED) is 0.308. The highest BCUT2D eigenvalue weighted by Gasteiger charge is 2.26. The molecule has 5 rings (SSSR count). The summed E-state index contributed by atoms with van der Waals surface area (Å²) in [4.78, 5) is 30.3. The van der Waals surface area contributed by atoms with Crippen LogP contribution in [0.5, 0.6) is 11.5 Å². The van der Waals surface area contributed by atoms with E-state index in [2.05, 4.69) is 31.8 Å². The molecule has 3 aromatic heterocycles. The first-order valence-electron chi connectivity index (χ1n) is 12.0. The number of pyridine rings is 1. The van der Waals surface area contributed by atoms with Gasteiger partial charge < -0.3 is 24.7 Å². The standard InChI is InChI=1S/C27H27ClN6O3/c1-3-24(35)34-10-8-17(9-11-34)21-14-30-26-25(21)27(32-16-31-26)33-18-5-7-23(22(28)12-18)37-15-19-4-6-20(36-2)13-29-19/h3-7,12-14,16-17H,1,8-11,15H2,2H3,(H2,30,31,32,33). The zero-order valence-electron chi connectivity index (χ0n) is 20.4. The van der Waals surface area contributed by atoms with Crippen LogP contribution in [0.4, 0.5) is 11.5 Å². The molecule has 0 radical (unpaired) electrons. The van der Waals surface area contributed by atoms with Gasteiger partial charge in [-0.3, -0.25) is 9.78 Å². The summed E-state index contributed by atoms with van der Waals surface area (Å²) in [6, 6.07) is 9.19. The Balaban J connectivity index is 1.30. The molecule has 190 valence electrons. The zero-order valence-corrected chi connectivity index (χ0v) is 21.2. The number of hydrogen-bond acceptors (Lipinski definition) is 7. The molecule has 0 atom stereocenters. The van der Waals surface area contributed by atoms with E-state index in [1.165, 1.54) is 12.4 Å². The monoisotopic (exact) mass is 518 g/mol. The number of methoxy groups -OCH3 is 1. The molecule has 1 aliphatic heterocycles. The molecule has 0 saturated carbocycles. The summed E-state index contributed by atoms with van der Waals surface area (Å²) in [5.74, 6) is 2.21. The Kier molecular flexibility index (Phi) is 7.23. The number of nitrogens with zero attached hydrogens (tertiary/aromatic N) is 4. The minimum absolute atomic E-state index is 0.0207. The van der Waals surface area contributed by atoms with Gasteiger partial charge in [-0.1, -0.05) is 18.2 Å². The highest BCUT2D eigenvalue weighted by molar-refractivity contribution is 6.32. The number of rotatable bonds is 8. The van der Waals surface area contributed by atoms with E-state index in [4.69, 9.17) is 21.1 Å². The third-order valence-corrected chi connectivity index (χ3v) is 6.82. The van der Waals surface area contributed by atoms with Gasteiger partial charge in [0, 0.05) is 25.0 Å². The number of ether oxygens (including phenoxy) is 2. The van der Waals surface area contributed by atoms with Crippen molar-refractivity contribution in [1.82, 2.24) is 24.8 Å². The van der Waals surface area contributed by atoms with Gasteiger partial charge in [-0.2, -0.15) is 0 Å². The number of fused-ring (bicyclic) bond motifs is 1. The molecule has 1 aromatic carbocycles. The van der Waals surface area contributed by atoms with Gasteiger partial charge >= 0.3 is 0 Å². The fraction of sp³-hybridized carbons (Fsp3) is 0.259. The lowest BCUT2D eigenvalue weighted by Crippen LogP contribution is -2.36. The van der Waals surface area contributed by atoms with Crippen LogP contribution in [0.15, 0.2) is 61.7 Å². The van der Waals surface area contributed by atoms with E-state index in [1.54, 1.807) is 19.4 Å². The normalized spacial score (nSPS) is 13.9. The number of nitrogens with one attached hydrogen (secondary N) is 2. The van der Waals surface area contributed by atoms with E-state index in [1.807, 2.05) is 35.4 Å². The number of aromatic amines is 1. The second-order valence-corrected chi connectivity index (χ2v) is 9.15. The number of benzene rings is 1. The van der Waals surface area contributed by atoms with Gasteiger partial charge in [-0.05, 0) is 60.7 Å². The van der Waals surface area contributed by atoms with Gasteiger partial charge in [0.1, 0.15) is 35.9 Å². The van der Waals surface area contributed by atoms with Crippen molar-refractivity contribution in [2.75, 3.05) is 25.5 Å². The van der Waals surface area contributed by atoms with Gasteiger partial charge in [-0.15, -0.1) is 0 Å². The first kappa shape index (κ1) is 24.6. The van der Waals surface area contributed by atoms with Crippen LogP contribution < -0.4 is 14.8 Å². The fourth-order valence-corrected chi connectivity index (χ4v) is 4.78. The Bertz CT molecular complexity index is 1410. The zero-order chi connectivity index (χ0) is 25.8. The Morgan fingerprint density at radius 1 is 1.24 bits per heavy atom. The van der Waals surface area contributed by atoms with Crippen LogP contribution in [0.3, 0.4) is 0 Å². The van der Waals surface area contributed by atoms with E-state index in [0.717, 1.165) is 40.8 Å². The third-order valence-electron chi connectivity index (χ3n) is 6.52. The second-order valence-electron chi connectivity index (χ2n) is 8.74. The molecule has 0 spiro atoms. The first-order valence-corrected chi connectivity index (χ1v) is 12.3. The molecule has 4 heterocycles. The Hall–Kier alpha value is -4.11. The van der Waals surface area contributed by atoms with Crippen LogP contribution >= 0.6 is 11.6 Å². The molecule has 9 nitrogen and oxygen atoms in total. The number of amides is 1. The molecule has 1 amide bonds. The number of carbonyl (C=O) groups is 1. The average Bonchev–Trinajstić information content (AvgIpc) is 3.38. The van der Waals surface area contributed by atoms with Gasteiger partial charge in [0.2, 0.25) is 5.91 Å². The van der Waals surface area contributed by atoms with E-state index in [-0.39, 0.29) is 12.5 Å². The maximum Gasteiger partial charge on any atom is 0.245 e. The number of carbonyl (C=O) groups excluding carboxylic acids is 1. The molecular formula is C27H27ClN6O3. The summed E-state index contributed by atoms with van der Waals surface area (Å²) < 4.78 is 11.0. The number of H-pyrrole nitrogens is 1. The van der Waals surface area contributed by atoms with Gasteiger partial charge in [-0.25, -0.2) is 9.97 Å². The Morgan fingerprint density at radius 3 is 2.78 bits per heavy atom. The predicted molar refractivity (Wildman–Crippen MR) is 142 cm³/mol. The van der Waals surface area contributed by atoms with Crippen molar-refractivity contribution in [1.29, 1.82) is 0 Å². The topological polar surface area (TPSA) is 105 Å². The average molecular weight is 519 g/mol. The molecule has 0 aliphatic carbocycles. The lowest BCUT2D eigenvalue weighted by atomic mass is 9.89. The maximum absolute atomic E-state index is 12.0. The summed E-state index contributed by atoms with van der Waals surface area (Å²) >= 11 is 6.53. The van der Waals surface area contributed by atoms with Gasteiger partial charge in [0.05, 0.1) is 29.4 Å². The van der Waals surface area contributed by atoms with Crippen LogP contribution in [0, 0.1) is 0 Å². The van der Waals surface area contributed by atoms with Gasteiger partial charge in [0.15, 0.2) is 0 Å². The largest absolute Gasteiger partial charge is 0.495 e.